The van der Waals surface area contributed by atoms with E-state index in [1.807, 2.05) is 6.92 Å². The molecule has 0 saturated carbocycles. The van der Waals surface area contributed by atoms with Crippen LogP contribution in [-0.4, -0.2) is 11.6 Å². The average Bonchev–Trinajstić information content (AvgIpc) is 2.73. The van der Waals surface area contributed by atoms with E-state index in [-0.39, 0.29) is 11.6 Å². The van der Waals surface area contributed by atoms with Crippen molar-refractivity contribution in [3.63, 3.8) is 0 Å². The Morgan fingerprint density at radius 2 is 1.56 bits per heavy atom. The van der Waals surface area contributed by atoms with Crippen LogP contribution in [-0.2, 0) is 6.42 Å². The van der Waals surface area contributed by atoms with Crippen LogP contribution in [0.4, 0.5) is 0 Å². The largest absolute Gasteiger partial charge is 0.465 e. The van der Waals surface area contributed by atoms with Crippen molar-refractivity contribution < 1.29 is 14.0 Å². The quantitative estimate of drug-likeness (QED) is 0.657. The van der Waals surface area contributed by atoms with Crippen molar-refractivity contribution in [1.29, 1.82) is 0 Å². The molecule has 0 N–H and O–H groups in total. The van der Waals surface area contributed by atoms with Gasteiger partial charge in [0, 0.05) is 17.5 Å². The number of carbonyl (C=O) groups is 2. The van der Waals surface area contributed by atoms with Crippen LogP contribution in [0, 0.1) is 6.92 Å². The first-order valence-corrected chi connectivity index (χ1v) is 5.95. The summed E-state index contributed by atoms with van der Waals surface area (Å²) in [5.41, 5.74) is 1.85. The van der Waals surface area contributed by atoms with Crippen LogP contribution >= 0.6 is 0 Å². The fraction of sp³-hybridized carbons (Fsp3) is 0.200. The van der Waals surface area contributed by atoms with Gasteiger partial charge in [-0.15, -0.1) is 0 Å². The summed E-state index contributed by atoms with van der Waals surface area (Å²) in [7, 11) is 0. The van der Waals surface area contributed by atoms with Gasteiger partial charge < -0.3 is 4.42 Å². The molecule has 1 aliphatic carbocycles. The van der Waals surface area contributed by atoms with Crippen molar-refractivity contribution in [1.82, 2.24) is 0 Å². The van der Waals surface area contributed by atoms with Gasteiger partial charge in [0.25, 0.3) is 0 Å². The molecule has 0 amide bonds. The van der Waals surface area contributed by atoms with E-state index in [9.17, 15) is 9.59 Å². The maximum Gasteiger partial charge on any atom is 0.198 e. The van der Waals surface area contributed by atoms with E-state index in [0.29, 0.717) is 40.2 Å². The Labute approximate surface area is 104 Å². The molecule has 0 aliphatic heterocycles. The third-order valence-corrected chi connectivity index (χ3v) is 3.35. The minimum Gasteiger partial charge on any atom is -0.465 e. The predicted molar refractivity (Wildman–Crippen MR) is 66.1 cm³/mol. The molecule has 0 fully saturated rings. The lowest BCUT2D eigenvalue weighted by Crippen LogP contribution is -2.20. The van der Waals surface area contributed by atoms with Crippen molar-refractivity contribution in [2.45, 2.75) is 20.3 Å². The summed E-state index contributed by atoms with van der Waals surface area (Å²) in [4.78, 5) is 24.8. The number of benzene rings is 1. The Kier molecular flexibility index (Phi) is 2.23. The summed E-state index contributed by atoms with van der Waals surface area (Å²) in [5, 5.41) is 0. The molecule has 1 aromatic heterocycles. The second-order valence-corrected chi connectivity index (χ2v) is 4.39. The summed E-state index contributed by atoms with van der Waals surface area (Å²) in [6, 6.07) is 6.93. The number of carbonyl (C=O) groups excluding carboxylic acids is 2. The van der Waals surface area contributed by atoms with E-state index in [2.05, 4.69) is 0 Å². The highest BCUT2D eigenvalue weighted by molar-refractivity contribution is 6.29. The maximum absolute atomic E-state index is 12.4. The van der Waals surface area contributed by atoms with Crippen LogP contribution in [0.3, 0.4) is 0 Å². The third kappa shape index (κ3) is 1.24. The lowest BCUT2D eigenvalue weighted by molar-refractivity contribution is 0.0979. The van der Waals surface area contributed by atoms with Gasteiger partial charge in [0.15, 0.2) is 11.6 Å². The van der Waals surface area contributed by atoms with Crippen molar-refractivity contribution in [2.24, 2.45) is 0 Å². The first-order chi connectivity index (χ1) is 8.65. The van der Waals surface area contributed by atoms with Gasteiger partial charge in [-0.25, -0.2) is 0 Å². The fourth-order valence-corrected chi connectivity index (χ4v) is 2.51. The van der Waals surface area contributed by atoms with Gasteiger partial charge in [0.1, 0.15) is 11.5 Å². The highest BCUT2D eigenvalue weighted by Crippen LogP contribution is 2.33. The predicted octanol–water partition coefficient (Wildman–Crippen LogP) is 2.93. The molecule has 1 aromatic carbocycles. The summed E-state index contributed by atoms with van der Waals surface area (Å²) in [6.07, 6.45) is 0.608. The zero-order valence-electron chi connectivity index (χ0n) is 10.2. The van der Waals surface area contributed by atoms with Crippen LogP contribution in [0.15, 0.2) is 28.7 Å². The minimum atomic E-state index is -0.110. The van der Waals surface area contributed by atoms with Crippen molar-refractivity contribution in [3.8, 4) is 0 Å². The van der Waals surface area contributed by atoms with Gasteiger partial charge in [0.05, 0.1) is 11.1 Å². The Balaban J connectivity index is 2.35. The molecule has 0 bridgehead atoms. The second-order valence-electron chi connectivity index (χ2n) is 4.39. The van der Waals surface area contributed by atoms with Gasteiger partial charge in [-0.05, 0) is 6.92 Å². The lowest BCUT2D eigenvalue weighted by Gasteiger charge is -2.14. The summed E-state index contributed by atoms with van der Waals surface area (Å²) in [5.74, 6) is 0.931. The Hall–Kier alpha value is -2.16. The summed E-state index contributed by atoms with van der Waals surface area (Å²) >= 11 is 0. The molecule has 0 unspecified atom stereocenters. The molecule has 0 atom stereocenters. The van der Waals surface area contributed by atoms with Gasteiger partial charge in [-0.2, -0.15) is 0 Å². The number of hydrogen-bond acceptors (Lipinski definition) is 3. The molecule has 1 aliphatic rings. The number of ketones is 2. The molecule has 90 valence electrons. The zero-order valence-corrected chi connectivity index (χ0v) is 10.2. The van der Waals surface area contributed by atoms with E-state index in [1.165, 1.54) is 0 Å². The lowest BCUT2D eigenvalue weighted by atomic mass is 9.84. The van der Waals surface area contributed by atoms with Crippen LogP contribution in [0.2, 0.25) is 0 Å². The highest BCUT2D eigenvalue weighted by Gasteiger charge is 2.35. The second kappa shape index (κ2) is 3.67. The number of furan rings is 1. The molecule has 3 nitrogen and oxygen atoms in total. The molecule has 18 heavy (non-hydrogen) atoms. The fourth-order valence-electron chi connectivity index (χ4n) is 2.51. The van der Waals surface area contributed by atoms with E-state index < -0.39 is 0 Å². The van der Waals surface area contributed by atoms with Gasteiger partial charge in [-0.3, -0.25) is 9.59 Å². The van der Waals surface area contributed by atoms with E-state index in [0.717, 1.165) is 0 Å². The van der Waals surface area contributed by atoms with Gasteiger partial charge >= 0.3 is 0 Å². The average molecular weight is 240 g/mol. The standard InChI is InChI=1S/C15H12O3/c1-3-11-13-12(8(2)18-11)14(16)9-6-4-5-7-10(9)15(13)17/h4-7H,3H2,1-2H3. The maximum atomic E-state index is 12.4. The molecule has 0 radical (unpaired) electrons. The van der Waals surface area contributed by atoms with Crippen molar-refractivity contribution in [3.05, 3.63) is 58.0 Å². The Morgan fingerprint density at radius 1 is 1.00 bits per heavy atom. The molecule has 0 saturated heterocycles. The van der Waals surface area contributed by atoms with E-state index in [4.69, 9.17) is 4.42 Å². The van der Waals surface area contributed by atoms with E-state index >= 15 is 0 Å². The van der Waals surface area contributed by atoms with Gasteiger partial charge in [0.2, 0.25) is 0 Å². The van der Waals surface area contributed by atoms with Crippen LogP contribution in [0.1, 0.15) is 50.3 Å². The molecule has 3 heteroatoms. The Morgan fingerprint density at radius 3 is 2.11 bits per heavy atom. The van der Waals surface area contributed by atoms with Gasteiger partial charge in [-0.1, -0.05) is 31.2 Å². The first-order valence-electron chi connectivity index (χ1n) is 5.95. The number of fused-ring (bicyclic) bond motifs is 2. The highest BCUT2D eigenvalue weighted by atomic mass is 16.3. The smallest absolute Gasteiger partial charge is 0.198 e. The molecule has 3 rings (SSSR count). The first kappa shape index (κ1) is 11.0. The molecular weight excluding hydrogens is 228 g/mol. The molecule has 2 aromatic rings. The number of rotatable bonds is 1. The zero-order chi connectivity index (χ0) is 12.9. The number of aryl methyl sites for hydroxylation is 2. The third-order valence-electron chi connectivity index (χ3n) is 3.35. The van der Waals surface area contributed by atoms with Crippen LogP contribution in [0.25, 0.3) is 0 Å². The summed E-state index contributed by atoms with van der Waals surface area (Å²) in [6.45, 7) is 3.65. The normalized spacial score (nSPS) is 13.4. The SMILES string of the molecule is CCc1oc(C)c2c1C(=O)c1ccccc1C2=O. The van der Waals surface area contributed by atoms with Crippen molar-refractivity contribution >= 4 is 11.6 Å². The molecular formula is C15H12O3. The van der Waals surface area contributed by atoms with Crippen molar-refractivity contribution in [2.75, 3.05) is 0 Å². The minimum absolute atomic E-state index is 0.103. The van der Waals surface area contributed by atoms with E-state index in [1.54, 1.807) is 31.2 Å². The van der Waals surface area contributed by atoms with Crippen LogP contribution in [0.5, 0.6) is 0 Å². The number of hydrogen-bond donors (Lipinski definition) is 0. The summed E-state index contributed by atoms with van der Waals surface area (Å²) < 4.78 is 5.55. The molecule has 1 heterocycles. The Bertz CT molecular complexity index is 677. The van der Waals surface area contributed by atoms with Crippen LogP contribution < -0.4 is 0 Å². The topological polar surface area (TPSA) is 47.3 Å². The monoisotopic (exact) mass is 240 g/mol. The molecule has 0 spiro atoms.